The van der Waals surface area contributed by atoms with Crippen molar-refractivity contribution in [3.63, 3.8) is 0 Å². The first-order valence-electron chi connectivity index (χ1n) is 9.31. The third-order valence-electron chi connectivity index (χ3n) is 5.15. The lowest BCUT2D eigenvalue weighted by Gasteiger charge is -2.32. The van der Waals surface area contributed by atoms with Crippen LogP contribution in [0.5, 0.6) is 0 Å². The van der Waals surface area contributed by atoms with Gasteiger partial charge in [-0.05, 0) is 68.9 Å². The molecule has 2 aromatic heterocycles. The summed E-state index contributed by atoms with van der Waals surface area (Å²) in [6.07, 6.45) is 3.97. The molecule has 1 fully saturated rings. The first-order chi connectivity index (χ1) is 13.1. The largest absolute Gasteiger partial charge is 0.352 e. The van der Waals surface area contributed by atoms with Gasteiger partial charge in [-0.15, -0.1) is 0 Å². The Hall–Kier alpha value is -2.66. The Morgan fingerprint density at radius 3 is 2.52 bits per heavy atom. The van der Waals surface area contributed by atoms with E-state index in [0.717, 1.165) is 10.8 Å². The number of rotatable bonds is 4. The Bertz CT molecular complexity index is 948. The Kier molecular flexibility index (Phi) is 4.70. The predicted molar refractivity (Wildman–Crippen MR) is 113 cm³/mol. The van der Waals surface area contributed by atoms with Gasteiger partial charge in [-0.1, -0.05) is 24.3 Å². The fourth-order valence-electron chi connectivity index (χ4n) is 3.93. The van der Waals surface area contributed by atoms with Crippen LogP contribution in [-0.2, 0) is 0 Å². The van der Waals surface area contributed by atoms with E-state index in [1.54, 1.807) is 0 Å². The number of nitrogens with zero attached hydrogens (tertiary/aromatic N) is 3. The van der Waals surface area contributed by atoms with Crippen LogP contribution in [0.25, 0.3) is 5.69 Å². The molecule has 1 N–H and O–H groups in total. The Morgan fingerprint density at radius 1 is 1.04 bits per heavy atom. The summed E-state index contributed by atoms with van der Waals surface area (Å²) < 4.78 is 2.28. The van der Waals surface area contributed by atoms with E-state index in [2.05, 4.69) is 89.2 Å². The van der Waals surface area contributed by atoms with E-state index in [9.17, 15) is 0 Å². The van der Waals surface area contributed by atoms with Gasteiger partial charge >= 0.3 is 0 Å². The third-order valence-corrected chi connectivity index (χ3v) is 5.48. The van der Waals surface area contributed by atoms with Crippen LogP contribution in [0.2, 0.25) is 0 Å². The van der Waals surface area contributed by atoms with Crippen molar-refractivity contribution in [1.29, 1.82) is 0 Å². The van der Waals surface area contributed by atoms with Crippen molar-refractivity contribution in [2.75, 3.05) is 0 Å². The predicted octanol–water partition coefficient (Wildman–Crippen LogP) is 4.56. The minimum atomic E-state index is 0.0127. The molecule has 1 aliphatic rings. The van der Waals surface area contributed by atoms with Gasteiger partial charge in [-0.25, -0.2) is 0 Å². The van der Waals surface area contributed by atoms with Crippen molar-refractivity contribution in [2.45, 2.75) is 38.9 Å². The average Bonchev–Trinajstić information content (AvgIpc) is 3.26. The summed E-state index contributed by atoms with van der Waals surface area (Å²) in [5.41, 5.74) is 4.65. The second-order valence-corrected chi connectivity index (χ2v) is 7.60. The molecule has 2 atom stereocenters. The molecule has 1 aliphatic heterocycles. The molecule has 0 spiro atoms. The molecule has 0 amide bonds. The fraction of sp³-hybridized carbons (Fsp3) is 0.273. The number of benzene rings is 1. The van der Waals surface area contributed by atoms with Crippen LogP contribution in [0.4, 0.5) is 0 Å². The highest BCUT2D eigenvalue weighted by Crippen LogP contribution is 2.40. The van der Waals surface area contributed by atoms with Gasteiger partial charge < -0.3 is 14.8 Å². The van der Waals surface area contributed by atoms with Gasteiger partial charge in [0.2, 0.25) is 0 Å². The summed E-state index contributed by atoms with van der Waals surface area (Å²) in [7, 11) is 0. The third kappa shape index (κ3) is 3.12. The quantitative estimate of drug-likeness (QED) is 0.677. The molecule has 4 rings (SSSR count). The highest BCUT2D eigenvalue weighted by molar-refractivity contribution is 7.80. The molecule has 5 heteroatoms. The van der Waals surface area contributed by atoms with Gasteiger partial charge in [0.05, 0.1) is 17.8 Å². The first-order valence-corrected chi connectivity index (χ1v) is 9.72. The second-order valence-electron chi connectivity index (χ2n) is 7.22. The molecule has 0 aliphatic carbocycles. The monoisotopic (exact) mass is 376 g/mol. The lowest BCUT2D eigenvalue weighted by atomic mass is 10.00. The smallest absolute Gasteiger partial charge is 0.170 e. The molecule has 27 heavy (non-hydrogen) atoms. The Balaban J connectivity index is 1.86. The molecule has 1 saturated heterocycles. The van der Waals surface area contributed by atoms with Crippen LogP contribution in [0.3, 0.4) is 0 Å². The topological polar surface area (TPSA) is 33.1 Å². The Morgan fingerprint density at radius 2 is 1.81 bits per heavy atom. The molecule has 3 heterocycles. The molecule has 4 nitrogen and oxygen atoms in total. The number of pyridine rings is 1. The van der Waals surface area contributed by atoms with Gasteiger partial charge in [0.1, 0.15) is 0 Å². The summed E-state index contributed by atoms with van der Waals surface area (Å²) in [6, 6.07) is 19.2. The maximum Gasteiger partial charge on any atom is 0.170 e. The Labute approximate surface area is 165 Å². The molecule has 1 aromatic carbocycles. The van der Waals surface area contributed by atoms with Crippen LogP contribution in [0.15, 0.2) is 67.0 Å². The molecular formula is C22H24N4S. The van der Waals surface area contributed by atoms with Gasteiger partial charge in [0, 0.05) is 29.8 Å². The van der Waals surface area contributed by atoms with Gasteiger partial charge in [-0.2, -0.15) is 0 Å². The van der Waals surface area contributed by atoms with E-state index >= 15 is 0 Å². The normalized spacial score (nSPS) is 19.6. The summed E-state index contributed by atoms with van der Waals surface area (Å²) in [6.45, 7) is 6.51. The minimum Gasteiger partial charge on any atom is -0.352 e. The zero-order valence-corrected chi connectivity index (χ0v) is 16.6. The summed E-state index contributed by atoms with van der Waals surface area (Å²) in [5, 5.41) is 4.30. The molecule has 0 saturated carbocycles. The number of thiocarbonyl (C=S) groups is 1. The van der Waals surface area contributed by atoms with Crippen LogP contribution in [-0.4, -0.2) is 25.6 Å². The van der Waals surface area contributed by atoms with Crippen LogP contribution >= 0.6 is 12.2 Å². The number of nitrogens with one attached hydrogen (secondary N) is 1. The standard InChI is InChI=1S/C22H24N4S/c1-15(2)26-21(20(24-22(26)27)17-10-6-7-13-23-17)19-12-8-14-25(19)18-11-5-4-9-16(18)3/h4-15,20-21H,1-3H3,(H,24,27). The summed E-state index contributed by atoms with van der Waals surface area (Å²) in [5.74, 6) is 0. The summed E-state index contributed by atoms with van der Waals surface area (Å²) in [4.78, 5) is 6.90. The van der Waals surface area contributed by atoms with E-state index in [4.69, 9.17) is 12.2 Å². The van der Waals surface area contributed by atoms with Gasteiger partial charge in [0.25, 0.3) is 0 Å². The number of hydrogen-bond acceptors (Lipinski definition) is 2. The molecule has 0 radical (unpaired) electrons. The van der Waals surface area contributed by atoms with Crippen molar-refractivity contribution < 1.29 is 0 Å². The summed E-state index contributed by atoms with van der Waals surface area (Å²) >= 11 is 5.71. The highest BCUT2D eigenvalue weighted by Gasteiger charge is 2.42. The van der Waals surface area contributed by atoms with E-state index in [-0.39, 0.29) is 18.1 Å². The number of aryl methyl sites for hydroxylation is 1. The molecule has 2 unspecified atom stereocenters. The van der Waals surface area contributed by atoms with E-state index < -0.39 is 0 Å². The lowest BCUT2D eigenvalue weighted by molar-refractivity contribution is 0.262. The second kappa shape index (κ2) is 7.16. The SMILES string of the molecule is Cc1ccccc1-n1cccc1C1C(c2ccccn2)NC(=S)N1C(C)C. The lowest BCUT2D eigenvalue weighted by Crippen LogP contribution is -2.36. The maximum atomic E-state index is 5.71. The van der Waals surface area contributed by atoms with Gasteiger partial charge in [-0.3, -0.25) is 4.98 Å². The zero-order valence-electron chi connectivity index (χ0n) is 15.8. The average molecular weight is 377 g/mol. The molecule has 0 bridgehead atoms. The van der Waals surface area contributed by atoms with Crippen LogP contribution in [0.1, 0.15) is 42.9 Å². The van der Waals surface area contributed by atoms with Crippen LogP contribution < -0.4 is 5.32 Å². The highest BCUT2D eigenvalue weighted by atomic mass is 32.1. The first kappa shape index (κ1) is 17.7. The van der Waals surface area contributed by atoms with Crippen molar-refractivity contribution in [3.8, 4) is 5.69 Å². The molecule has 3 aromatic rings. The van der Waals surface area contributed by atoms with Crippen molar-refractivity contribution in [1.82, 2.24) is 19.8 Å². The van der Waals surface area contributed by atoms with Crippen molar-refractivity contribution in [3.05, 3.63) is 83.9 Å². The fourth-order valence-corrected chi connectivity index (χ4v) is 4.38. The number of para-hydroxylation sites is 1. The van der Waals surface area contributed by atoms with Crippen molar-refractivity contribution in [2.24, 2.45) is 0 Å². The van der Waals surface area contributed by atoms with E-state index in [1.807, 2.05) is 18.3 Å². The number of hydrogen-bond donors (Lipinski definition) is 1. The van der Waals surface area contributed by atoms with Crippen molar-refractivity contribution >= 4 is 17.3 Å². The number of aromatic nitrogens is 2. The molecule has 138 valence electrons. The maximum absolute atomic E-state index is 5.71. The van der Waals surface area contributed by atoms with E-state index in [0.29, 0.717) is 0 Å². The minimum absolute atomic E-state index is 0.0127. The van der Waals surface area contributed by atoms with Gasteiger partial charge in [0.15, 0.2) is 5.11 Å². The molecular weight excluding hydrogens is 352 g/mol. The van der Waals surface area contributed by atoms with E-state index in [1.165, 1.54) is 16.9 Å². The zero-order chi connectivity index (χ0) is 19.0. The van der Waals surface area contributed by atoms with Crippen LogP contribution in [0, 0.1) is 6.92 Å².